The average Bonchev–Trinajstić information content (AvgIpc) is 3.41. The summed E-state index contributed by atoms with van der Waals surface area (Å²) in [7, 11) is -2.05. The predicted octanol–water partition coefficient (Wildman–Crippen LogP) is 1.96. The summed E-state index contributed by atoms with van der Waals surface area (Å²) in [5.74, 6) is 1.28. The Labute approximate surface area is 188 Å². The molecule has 168 valence electrons. The molecule has 0 bridgehead atoms. The molecule has 0 N–H and O–H groups in total. The van der Waals surface area contributed by atoms with Gasteiger partial charge >= 0.3 is 0 Å². The number of benzene rings is 2. The Bertz CT molecular complexity index is 1170. The molecule has 0 spiro atoms. The van der Waals surface area contributed by atoms with Crippen LogP contribution in [0.15, 0.2) is 57.8 Å². The monoisotopic (exact) mass is 454 g/mol. The standard InChI is InChI=1S/C23H26N4O4S/c1-31-18-7-4-6-17(16-18)25-12-14-26(15-13-25)23(28)20-9-5-11-27(20)22-19-8-2-3-10-21(19)32(29,30)24-22/h2-4,6-8,10,16,20H,5,9,11-15H2,1H3/t20-/m0/s1. The van der Waals surface area contributed by atoms with Gasteiger partial charge in [-0.2, -0.15) is 8.42 Å². The predicted molar refractivity (Wildman–Crippen MR) is 122 cm³/mol. The molecule has 2 saturated heterocycles. The molecular weight excluding hydrogens is 428 g/mol. The van der Waals surface area contributed by atoms with Gasteiger partial charge in [0.2, 0.25) is 5.91 Å². The topological polar surface area (TPSA) is 82.5 Å². The van der Waals surface area contributed by atoms with Gasteiger partial charge in [-0.25, -0.2) is 0 Å². The number of hydrogen-bond donors (Lipinski definition) is 0. The molecule has 3 aliphatic rings. The van der Waals surface area contributed by atoms with Crippen molar-refractivity contribution in [2.45, 2.75) is 23.8 Å². The van der Waals surface area contributed by atoms with Crippen LogP contribution in [0.2, 0.25) is 0 Å². The molecule has 0 aromatic heterocycles. The second kappa shape index (κ2) is 8.12. The number of carbonyl (C=O) groups excluding carboxylic acids is 1. The van der Waals surface area contributed by atoms with Crippen molar-refractivity contribution < 1.29 is 17.9 Å². The van der Waals surface area contributed by atoms with Crippen LogP contribution < -0.4 is 9.64 Å². The number of amides is 1. The van der Waals surface area contributed by atoms with Gasteiger partial charge in [0.05, 0.1) is 7.11 Å². The minimum absolute atomic E-state index is 0.0530. The molecule has 2 aromatic carbocycles. The van der Waals surface area contributed by atoms with E-state index in [9.17, 15) is 13.2 Å². The fraction of sp³-hybridized carbons (Fsp3) is 0.391. The highest BCUT2D eigenvalue weighted by Crippen LogP contribution is 2.32. The molecule has 0 unspecified atom stereocenters. The highest BCUT2D eigenvalue weighted by atomic mass is 32.2. The lowest BCUT2D eigenvalue weighted by molar-refractivity contribution is -0.135. The van der Waals surface area contributed by atoms with E-state index in [4.69, 9.17) is 4.74 Å². The van der Waals surface area contributed by atoms with E-state index < -0.39 is 10.0 Å². The van der Waals surface area contributed by atoms with E-state index in [1.807, 2.05) is 28.0 Å². The summed E-state index contributed by atoms with van der Waals surface area (Å²) in [6.07, 6.45) is 1.54. The summed E-state index contributed by atoms with van der Waals surface area (Å²) in [6, 6.07) is 14.4. The number of sulfonamides is 1. The summed E-state index contributed by atoms with van der Waals surface area (Å²) in [4.78, 5) is 19.7. The molecule has 3 heterocycles. The number of piperazine rings is 1. The first-order valence-electron chi connectivity index (χ1n) is 10.9. The Morgan fingerprint density at radius 2 is 1.81 bits per heavy atom. The second-order valence-electron chi connectivity index (χ2n) is 8.25. The van der Waals surface area contributed by atoms with Crippen molar-refractivity contribution in [2.24, 2.45) is 4.40 Å². The lowest BCUT2D eigenvalue weighted by Gasteiger charge is -2.38. The van der Waals surface area contributed by atoms with Crippen molar-refractivity contribution in [3.05, 3.63) is 54.1 Å². The van der Waals surface area contributed by atoms with E-state index in [0.717, 1.165) is 30.9 Å². The third-order valence-electron chi connectivity index (χ3n) is 6.43. The van der Waals surface area contributed by atoms with Crippen molar-refractivity contribution in [1.29, 1.82) is 0 Å². The highest BCUT2D eigenvalue weighted by molar-refractivity contribution is 7.90. The molecule has 2 fully saturated rings. The molecule has 3 aliphatic heterocycles. The van der Waals surface area contributed by atoms with Gasteiger partial charge in [-0.05, 0) is 37.1 Å². The van der Waals surface area contributed by atoms with Crippen LogP contribution in [0.5, 0.6) is 5.75 Å². The molecule has 2 aromatic rings. The zero-order chi connectivity index (χ0) is 22.3. The molecule has 0 aliphatic carbocycles. The number of likely N-dealkylation sites (tertiary alicyclic amines) is 1. The van der Waals surface area contributed by atoms with Crippen molar-refractivity contribution in [3.63, 3.8) is 0 Å². The van der Waals surface area contributed by atoms with Gasteiger partial charge in [-0.15, -0.1) is 4.40 Å². The summed E-state index contributed by atoms with van der Waals surface area (Å²) in [6.45, 7) is 3.36. The molecule has 9 heteroatoms. The zero-order valence-electron chi connectivity index (χ0n) is 18.0. The van der Waals surface area contributed by atoms with Gasteiger partial charge in [-0.1, -0.05) is 18.2 Å². The van der Waals surface area contributed by atoms with Crippen LogP contribution in [0.1, 0.15) is 18.4 Å². The fourth-order valence-corrected chi connectivity index (χ4v) is 5.99. The maximum absolute atomic E-state index is 13.4. The van der Waals surface area contributed by atoms with Crippen LogP contribution in [0.4, 0.5) is 5.69 Å². The van der Waals surface area contributed by atoms with Crippen LogP contribution in [0.25, 0.3) is 0 Å². The normalized spacial score (nSPS) is 22.0. The second-order valence-corrected chi connectivity index (χ2v) is 9.82. The van der Waals surface area contributed by atoms with Gasteiger partial charge in [0.15, 0.2) is 5.84 Å². The first-order valence-corrected chi connectivity index (χ1v) is 12.3. The quantitative estimate of drug-likeness (QED) is 0.705. The first kappa shape index (κ1) is 20.8. The average molecular weight is 455 g/mol. The summed E-state index contributed by atoms with van der Waals surface area (Å²) in [5.41, 5.74) is 1.68. The van der Waals surface area contributed by atoms with Crippen molar-refractivity contribution in [1.82, 2.24) is 9.80 Å². The minimum atomic E-state index is -3.71. The summed E-state index contributed by atoms with van der Waals surface area (Å²) in [5, 5.41) is 0. The molecule has 32 heavy (non-hydrogen) atoms. The lowest BCUT2D eigenvalue weighted by atomic mass is 10.1. The molecule has 5 rings (SSSR count). The number of methoxy groups -OCH3 is 1. The van der Waals surface area contributed by atoms with E-state index in [1.165, 1.54) is 0 Å². The van der Waals surface area contributed by atoms with Gasteiger partial charge in [0.25, 0.3) is 10.0 Å². The number of rotatable bonds is 3. The Hall–Kier alpha value is -3.07. The smallest absolute Gasteiger partial charge is 0.285 e. The fourth-order valence-electron chi connectivity index (χ4n) is 4.78. The summed E-state index contributed by atoms with van der Waals surface area (Å²) >= 11 is 0. The Balaban J connectivity index is 1.30. The number of carbonyl (C=O) groups is 1. The van der Waals surface area contributed by atoms with Gasteiger partial charge < -0.3 is 19.4 Å². The molecule has 1 atom stereocenters. The highest BCUT2D eigenvalue weighted by Gasteiger charge is 2.41. The van der Waals surface area contributed by atoms with Gasteiger partial charge in [-0.3, -0.25) is 4.79 Å². The minimum Gasteiger partial charge on any atom is -0.497 e. The number of nitrogens with zero attached hydrogens (tertiary/aromatic N) is 4. The molecule has 0 saturated carbocycles. The molecule has 8 nitrogen and oxygen atoms in total. The molecule has 1 amide bonds. The van der Waals surface area contributed by atoms with Crippen molar-refractivity contribution >= 4 is 27.5 Å². The molecule has 0 radical (unpaired) electrons. The van der Waals surface area contributed by atoms with Crippen molar-refractivity contribution in [3.8, 4) is 5.75 Å². The Morgan fingerprint density at radius 3 is 2.59 bits per heavy atom. The Kier molecular flexibility index (Phi) is 5.28. The first-order chi connectivity index (χ1) is 15.5. The van der Waals surface area contributed by atoms with Crippen LogP contribution in [0.3, 0.4) is 0 Å². The lowest BCUT2D eigenvalue weighted by Crippen LogP contribution is -2.54. The molecular formula is C23H26N4O4S. The number of hydrogen-bond acceptors (Lipinski definition) is 6. The van der Waals surface area contributed by atoms with E-state index in [0.29, 0.717) is 37.5 Å². The summed E-state index contributed by atoms with van der Waals surface area (Å²) < 4.78 is 34.3. The number of anilines is 1. The SMILES string of the molecule is COc1cccc(N2CCN(C(=O)[C@@H]3CCCN3C3=NS(=O)(=O)c4ccccc43)CC2)c1. The van der Waals surface area contributed by atoms with Crippen LogP contribution in [-0.2, 0) is 14.8 Å². The van der Waals surface area contributed by atoms with Crippen molar-refractivity contribution in [2.75, 3.05) is 44.7 Å². The van der Waals surface area contributed by atoms with Crippen LogP contribution in [-0.4, -0.2) is 75.8 Å². The van der Waals surface area contributed by atoms with Crippen LogP contribution >= 0.6 is 0 Å². The van der Waals surface area contributed by atoms with E-state index in [1.54, 1.807) is 31.4 Å². The zero-order valence-corrected chi connectivity index (χ0v) is 18.8. The number of fused-ring (bicyclic) bond motifs is 1. The van der Waals surface area contributed by atoms with Gasteiger partial charge in [0, 0.05) is 50.0 Å². The van der Waals surface area contributed by atoms with Crippen LogP contribution in [0, 0.1) is 0 Å². The third kappa shape index (κ3) is 3.60. The largest absolute Gasteiger partial charge is 0.497 e. The number of amidine groups is 1. The Morgan fingerprint density at radius 1 is 1.03 bits per heavy atom. The number of ether oxygens (including phenoxy) is 1. The third-order valence-corrected chi connectivity index (χ3v) is 7.76. The maximum atomic E-state index is 13.4. The van der Waals surface area contributed by atoms with E-state index >= 15 is 0 Å². The van der Waals surface area contributed by atoms with E-state index in [2.05, 4.69) is 15.4 Å². The van der Waals surface area contributed by atoms with Gasteiger partial charge in [0.1, 0.15) is 16.7 Å². The van der Waals surface area contributed by atoms with E-state index in [-0.39, 0.29) is 16.8 Å². The maximum Gasteiger partial charge on any atom is 0.285 e.